The molecule has 0 fully saturated rings. The van der Waals surface area contributed by atoms with Gasteiger partial charge in [-0.1, -0.05) is 20.8 Å². The van der Waals surface area contributed by atoms with Crippen molar-refractivity contribution >= 4 is 12.4 Å². The fourth-order valence-corrected chi connectivity index (χ4v) is 0.849. The summed E-state index contributed by atoms with van der Waals surface area (Å²) in [4.78, 5) is 21.3. The van der Waals surface area contributed by atoms with Crippen LogP contribution in [0.2, 0.25) is 0 Å². The summed E-state index contributed by atoms with van der Waals surface area (Å²) in [6.45, 7) is 6.43. The van der Waals surface area contributed by atoms with E-state index in [1.54, 1.807) is 0 Å². The monoisotopic (exact) mass is 216 g/mol. The lowest BCUT2D eigenvalue weighted by Crippen LogP contribution is -2.43. The van der Waals surface area contributed by atoms with Crippen molar-refractivity contribution in [1.82, 2.24) is 5.32 Å². The summed E-state index contributed by atoms with van der Waals surface area (Å²) in [6.07, 6.45) is 1.21. The molecule has 3 N–H and O–H groups in total. The smallest absolute Gasteiger partial charge is 0.323 e. The lowest BCUT2D eigenvalue weighted by molar-refractivity contribution is -0.147. The van der Waals surface area contributed by atoms with Crippen LogP contribution in [0.15, 0.2) is 0 Å². The normalized spacial score (nSPS) is 13.1. The van der Waals surface area contributed by atoms with E-state index in [0.29, 0.717) is 19.4 Å². The maximum Gasteiger partial charge on any atom is 0.323 e. The van der Waals surface area contributed by atoms with Crippen LogP contribution in [0.1, 0.15) is 27.2 Å². The van der Waals surface area contributed by atoms with Crippen molar-refractivity contribution < 1.29 is 14.3 Å². The molecule has 5 heteroatoms. The van der Waals surface area contributed by atoms with Gasteiger partial charge in [0.25, 0.3) is 0 Å². The molecular weight excluding hydrogens is 196 g/mol. The molecule has 0 spiro atoms. The molecule has 0 aromatic heterocycles. The number of hydrogen-bond donors (Lipinski definition) is 2. The number of ether oxygens (including phenoxy) is 1. The summed E-state index contributed by atoms with van der Waals surface area (Å²) in [5.41, 5.74) is 5.40. The molecule has 0 aliphatic heterocycles. The molecule has 0 aromatic rings. The number of carbonyl (C=O) groups is 2. The van der Waals surface area contributed by atoms with Gasteiger partial charge in [0.05, 0.1) is 6.61 Å². The Kier molecular flexibility index (Phi) is 5.93. The van der Waals surface area contributed by atoms with Crippen molar-refractivity contribution in [2.75, 3.05) is 13.2 Å². The molecule has 1 atom stereocenters. The fraction of sp³-hybridized carbons (Fsp3) is 0.800. The van der Waals surface area contributed by atoms with E-state index < -0.39 is 12.0 Å². The highest BCUT2D eigenvalue weighted by Crippen LogP contribution is 2.18. The van der Waals surface area contributed by atoms with Gasteiger partial charge < -0.3 is 15.8 Å². The zero-order valence-corrected chi connectivity index (χ0v) is 9.58. The highest BCUT2D eigenvalue weighted by molar-refractivity contribution is 5.76. The minimum atomic E-state index is -0.614. The molecule has 0 rings (SSSR count). The largest absolute Gasteiger partial charge is 0.464 e. The van der Waals surface area contributed by atoms with E-state index in [9.17, 15) is 9.59 Å². The van der Waals surface area contributed by atoms with Crippen LogP contribution >= 0.6 is 0 Å². The number of nitrogens with one attached hydrogen (secondary N) is 1. The summed E-state index contributed by atoms with van der Waals surface area (Å²) in [6, 6.07) is -0.614. The van der Waals surface area contributed by atoms with Gasteiger partial charge in [-0.15, -0.1) is 0 Å². The first kappa shape index (κ1) is 13.9. The maximum atomic E-state index is 11.4. The van der Waals surface area contributed by atoms with Crippen LogP contribution < -0.4 is 11.1 Å². The van der Waals surface area contributed by atoms with Gasteiger partial charge in [0.1, 0.15) is 6.04 Å². The third kappa shape index (κ3) is 6.06. The van der Waals surface area contributed by atoms with Crippen LogP contribution in [0, 0.1) is 5.41 Å². The molecule has 88 valence electrons. The Balaban J connectivity index is 3.70. The predicted molar refractivity (Wildman–Crippen MR) is 57.1 cm³/mol. The Morgan fingerprint density at radius 1 is 1.53 bits per heavy atom. The highest BCUT2D eigenvalue weighted by atomic mass is 16.5. The highest BCUT2D eigenvalue weighted by Gasteiger charge is 2.28. The van der Waals surface area contributed by atoms with E-state index in [2.05, 4.69) is 5.32 Å². The lowest BCUT2D eigenvalue weighted by atomic mass is 9.87. The Hall–Kier alpha value is -1.10. The molecule has 0 radical (unpaired) electrons. The van der Waals surface area contributed by atoms with Gasteiger partial charge in [0, 0.05) is 6.54 Å². The Labute approximate surface area is 90.4 Å². The van der Waals surface area contributed by atoms with Gasteiger partial charge in [0.2, 0.25) is 6.41 Å². The molecule has 0 saturated carbocycles. The zero-order chi connectivity index (χ0) is 11.9. The average molecular weight is 216 g/mol. The molecular formula is C10H20N2O3. The molecule has 15 heavy (non-hydrogen) atoms. The summed E-state index contributed by atoms with van der Waals surface area (Å²) < 4.78 is 4.96. The third-order valence-electron chi connectivity index (χ3n) is 1.98. The first-order valence-electron chi connectivity index (χ1n) is 4.99. The van der Waals surface area contributed by atoms with Crippen molar-refractivity contribution in [3.8, 4) is 0 Å². The van der Waals surface area contributed by atoms with E-state index >= 15 is 0 Å². The van der Waals surface area contributed by atoms with Gasteiger partial charge in [-0.05, 0) is 11.8 Å². The van der Waals surface area contributed by atoms with Crippen molar-refractivity contribution in [2.45, 2.75) is 33.2 Å². The van der Waals surface area contributed by atoms with Gasteiger partial charge in [-0.25, -0.2) is 0 Å². The zero-order valence-electron chi connectivity index (χ0n) is 9.58. The molecule has 1 unspecified atom stereocenters. The minimum Gasteiger partial charge on any atom is -0.464 e. The van der Waals surface area contributed by atoms with E-state index in [1.165, 1.54) is 0 Å². The van der Waals surface area contributed by atoms with E-state index in [1.807, 2.05) is 20.8 Å². The Bertz CT molecular complexity index is 211. The third-order valence-corrected chi connectivity index (χ3v) is 1.98. The molecule has 0 aromatic carbocycles. The Morgan fingerprint density at radius 3 is 2.60 bits per heavy atom. The molecule has 0 aliphatic rings. The lowest BCUT2D eigenvalue weighted by Gasteiger charge is -2.24. The Morgan fingerprint density at radius 2 is 2.13 bits per heavy atom. The number of hydrogen-bond acceptors (Lipinski definition) is 4. The molecule has 0 saturated heterocycles. The summed E-state index contributed by atoms with van der Waals surface area (Å²) in [5.74, 6) is -0.395. The molecule has 0 aliphatic carbocycles. The molecule has 1 amide bonds. The first-order valence-corrected chi connectivity index (χ1v) is 4.99. The maximum absolute atomic E-state index is 11.4. The summed E-state index contributed by atoms with van der Waals surface area (Å²) in [7, 11) is 0. The first-order chi connectivity index (χ1) is 6.89. The van der Waals surface area contributed by atoms with Crippen LogP contribution in [-0.2, 0) is 14.3 Å². The standard InChI is InChI=1S/C10H20N2O3/c1-10(2,3)8(11)9(14)15-6-4-5-12-7-13/h7-8H,4-6,11H2,1-3H3,(H,12,13). The van der Waals surface area contributed by atoms with Crippen molar-refractivity contribution in [1.29, 1.82) is 0 Å². The van der Waals surface area contributed by atoms with E-state index in [4.69, 9.17) is 10.5 Å². The van der Waals surface area contributed by atoms with Crippen LogP contribution in [0.3, 0.4) is 0 Å². The predicted octanol–water partition coefficient (Wildman–Crippen LogP) is 0.0391. The van der Waals surface area contributed by atoms with Gasteiger partial charge in [-0.2, -0.15) is 0 Å². The van der Waals surface area contributed by atoms with Gasteiger partial charge in [0.15, 0.2) is 0 Å². The second-order valence-electron chi connectivity index (χ2n) is 4.44. The number of rotatable bonds is 6. The second-order valence-corrected chi connectivity index (χ2v) is 4.44. The second kappa shape index (κ2) is 6.40. The van der Waals surface area contributed by atoms with Crippen LogP contribution in [0.5, 0.6) is 0 Å². The SMILES string of the molecule is CC(C)(C)C(N)C(=O)OCCCNC=O. The summed E-state index contributed by atoms with van der Waals surface area (Å²) in [5, 5.41) is 2.48. The van der Waals surface area contributed by atoms with Crippen molar-refractivity contribution in [2.24, 2.45) is 11.1 Å². The summed E-state index contributed by atoms with van der Waals surface area (Å²) >= 11 is 0. The van der Waals surface area contributed by atoms with Crippen molar-refractivity contribution in [3.05, 3.63) is 0 Å². The van der Waals surface area contributed by atoms with Gasteiger partial charge in [-0.3, -0.25) is 9.59 Å². The number of carbonyl (C=O) groups excluding carboxylic acids is 2. The van der Waals surface area contributed by atoms with Crippen LogP contribution in [0.25, 0.3) is 0 Å². The molecule has 0 heterocycles. The van der Waals surface area contributed by atoms with Gasteiger partial charge >= 0.3 is 5.97 Å². The number of esters is 1. The topological polar surface area (TPSA) is 81.4 Å². The molecule has 0 bridgehead atoms. The minimum absolute atomic E-state index is 0.281. The van der Waals surface area contributed by atoms with Crippen LogP contribution in [0.4, 0.5) is 0 Å². The van der Waals surface area contributed by atoms with E-state index in [-0.39, 0.29) is 12.0 Å². The number of nitrogens with two attached hydrogens (primary N) is 1. The number of amides is 1. The van der Waals surface area contributed by atoms with Crippen LogP contribution in [-0.4, -0.2) is 31.6 Å². The average Bonchev–Trinajstić information content (AvgIpc) is 2.14. The van der Waals surface area contributed by atoms with Crippen molar-refractivity contribution in [3.63, 3.8) is 0 Å². The fourth-order valence-electron chi connectivity index (χ4n) is 0.849. The van der Waals surface area contributed by atoms with E-state index in [0.717, 1.165) is 0 Å². The molecule has 5 nitrogen and oxygen atoms in total. The quantitative estimate of drug-likeness (QED) is 0.373.